The SMILES string of the molecule is CC(C)C(Oc1cc(C(=O)OC2C3CC4C2OC(=O)C4C3C(=O)OCCC(F)(F)C(F)(F)S(=O)(=O)O)ccc1I)OC1C2CC3CC(C2)CC1C3. The number of benzene rings is 1. The van der Waals surface area contributed by atoms with Crippen LogP contribution < -0.4 is 4.74 Å². The molecule has 8 rings (SSSR count). The summed E-state index contributed by atoms with van der Waals surface area (Å²) in [7, 11) is -6.46. The van der Waals surface area contributed by atoms with Gasteiger partial charge in [0.05, 0.1) is 40.1 Å². The van der Waals surface area contributed by atoms with Crippen molar-refractivity contribution in [3.8, 4) is 5.75 Å². The number of ether oxygens (including phenoxy) is 5. The third-order valence-electron chi connectivity index (χ3n) is 11.9. The standard InChI is InChI=1S/C34H39F4IO11S/c1-14(2)32(50-26-18-8-15-7-16(10-18)11-19(26)9-15)47-23-12-17(3-4-22(23)39)29(40)48-27-20-13-21-25(31(42)49-28(21)27)24(20)30(41)46-6-5-33(35,36)34(37,38)51(43,44)45/h3-4,12,14-16,18-21,24-28,32H,5-11,13H2,1-2H3,(H,43,44,45). The molecule has 51 heavy (non-hydrogen) atoms. The van der Waals surface area contributed by atoms with Gasteiger partial charge in [0.25, 0.3) is 0 Å². The summed E-state index contributed by atoms with van der Waals surface area (Å²) >= 11 is 2.11. The summed E-state index contributed by atoms with van der Waals surface area (Å²) in [6.07, 6.45) is 2.00. The molecule has 7 aliphatic rings. The lowest BCUT2D eigenvalue weighted by atomic mass is 9.55. The predicted octanol–water partition coefficient (Wildman–Crippen LogP) is 5.88. The fraction of sp³-hybridized carbons (Fsp3) is 0.735. The first-order valence-corrected chi connectivity index (χ1v) is 19.8. The Morgan fingerprint density at radius 3 is 2.25 bits per heavy atom. The van der Waals surface area contributed by atoms with Crippen LogP contribution in [0, 0.1) is 56.8 Å². The van der Waals surface area contributed by atoms with E-state index in [1.165, 1.54) is 32.1 Å². The maximum Gasteiger partial charge on any atom is 0.431 e. The van der Waals surface area contributed by atoms with Gasteiger partial charge in [-0.05, 0) is 103 Å². The normalized spacial score (nSPS) is 35.6. The van der Waals surface area contributed by atoms with Crippen LogP contribution in [0.15, 0.2) is 18.2 Å². The zero-order valence-electron chi connectivity index (χ0n) is 27.7. The van der Waals surface area contributed by atoms with E-state index in [2.05, 4.69) is 22.6 Å². The smallest absolute Gasteiger partial charge is 0.431 e. The number of carbonyl (C=O) groups excluding carboxylic acids is 3. The van der Waals surface area contributed by atoms with Crippen molar-refractivity contribution in [1.82, 2.24) is 0 Å². The van der Waals surface area contributed by atoms with Crippen LogP contribution in [0.4, 0.5) is 17.6 Å². The van der Waals surface area contributed by atoms with Gasteiger partial charge in [-0.3, -0.25) is 14.1 Å². The fourth-order valence-corrected chi connectivity index (χ4v) is 10.7. The van der Waals surface area contributed by atoms with Crippen LogP contribution in [0.25, 0.3) is 0 Å². The van der Waals surface area contributed by atoms with Gasteiger partial charge in [-0.15, -0.1) is 0 Å². The molecule has 6 bridgehead atoms. The lowest BCUT2D eigenvalue weighted by Gasteiger charge is -2.54. The molecule has 282 valence electrons. The molecule has 1 saturated heterocycles. The van der Waals surface area contributed by atoms with E-state index >= 15 is 0 Å². The average molecular weight is 859 g/mol. The van der Waals surface area contributed by atoms with Crippen LogP contribution in [0.3, 0.4) is 0 Å². The zero-order chi connectivity index (χ0) is 36.8. The van der Waals surface area contributed by atoms with Crippen LogP contribution in [0.1, 0.15) is 69.2 Å². The molecule has 17 heteroatoms. The molecule has 7 fully saturated rings. The van der Waals surface area contributed by atoms with Crippen molar-refractivity contribution in [2.24, 2.45) is 53.3 Å². The Kier molecular flexibility index (Phi) is 9.63. The molecular weight excluding hydrogens is 819 g/mol. The van der Waals surface area contributed by atoms with Crippen LogP contribution in [-0.2, 0) is 38.7 Å². The summed E-state index contributed by atoms with van der Waals surface area (Å²) in [4.78, 5) is 39.3. The maximum absolute atomic E-state index is 14.0. The van der Waals surface area contributed by atoms with Gasteiger partial charge in [0.15, 0.2) is 0 Å². The van der Waals surface area contributed by atoms with Gasteiger partial charge in [-0.25, -0.2) is 4.79 Å². The molecule has 7 unspecified atom stereocenters. The number of alkyl halides is 4. The molecule has 0 radical (unpaired) electrons. The van der Waals surface area contributed by atoms with Crippen molar-refractivity contribution in [3.63, 3.8) is 0 Å². The molecule has 7 atom stereocenters. The molecule has 1 aromatic carbocycles. The van der Waals surface area contributed by atoms with Gasteiger partial charge in [0.1, 0.15) is 18.0 Å². The van der Waals surface area contributed by atoms with Gasteiger partial charge < -0.3 is 23.7 Å². The molecule has 0 aromatic heterocycles. The van der Waals surface area contributed by atoms with E-state index in [0.717, 1.165) is 15.4 Å². The third kappa shape index (κ3) is 6.53. The van der Waals surface area contributed by atoms with E-state index in [1.54, 1.807) is 18.2 Å². The minimum Gasteiger partial charge on any atom is -0.465 e. The Morgan fingerprint density at radius 2 is 1.65 bits per heavy atom. The van der Waals surface area contributed by atoms with Gasteiger partial charge in [-0.2, -0.15) is 26.0 Å². The number of rotatable bonds is 13. The highest BCUT2D eigenvalue weighted by atomic mass is 127. The Labute approximate surface area is 305 Å². The molecule has 0 spiro atoms. The molecule has 0 amide bonds. The summed E-state index contributed by atoms with van der Waals surface area (Å²) in [5.74, 6) is -8.56. The van der Waals surface area contributed by atoms with Gasteiger partial charge in [0.2, 0.25) is 6.29 Å². The molecule has 1 aliphatic heterocycles. The monoisotopic (exact) mass is 858 g/mol. The van der Waals surface area contributed by atoms with Crippen LogP contribution in [0.2, 0.25) is 0 Å². The second kappa shape index (κ2) is 13.2. The molecule has 6 saturated carbocycles. The van der Waals surface area contributed by atoms with E-state index in [0.29, 0.717) is 17.6 Å². The van der Waals surface area contributed by atoms with Crippen molar-refractivity contribution in [1.29, 1.82) is 0 Å². The van der Waals surface area contributed by atoms with Crippen LogP contribution in [-0.4, -0.2) is 73.3 Å². The fourth-order valence-electron chi connectivity index (χ4n) is 9.79. The molecule has 6 aliphatic carbocycles. The average Bonchev–Trinajstić information content (AvgIpc) is 3.66. The number of hydrogen-bond donors (Lipinski definition) is 1. The van der Waals surface area contributed by atoms with Gasteiger partial charge in [0, 0.05) is 17.8 Å². The van der Waals surface area contributed by atoms with Crippen molar-refractivity contribution in [2.45, 2.75) is 94.6 Å². The second-order valence-electron chi connectivity index (χ2n) is 15.4. The molecule has 1 heterocycles. The first-order chi connectivity index (χ1) is 23.9. The lowest BCUT2D eigenvalue weighted by Crippen LogP contribution is -2.51. The first-order valence-electron chi connectivity index (χ1n) is 17.3. The Morgan fingerprint density at radius 1 is 1.00 bits per heavy atom. The highest BCUT2D eigenvalue weighted by molar-refractivity contribution is 14.1. The van der Waals surface area contributed by atoms with Crippen molar-refractivity contribution < 1.29 is 68.6 Å². The third-order valence-corrected chi connectivity index (χ3v) is 13.7. The molecule has 11 nitrogen and oxygen atoms in total. The van der Waals surface area contributed by atoms with Crippen LogP contribution in [0.5, 0.6) is 5.75 Å². The molecular formula is C34H39F4IO11S. The summed E-state index contributed by atoms with van der Waals surface area (Å²) < 4.78 is 115. The summed E-state index contributed by atoms with van der Waals surface area (Å²) in [5, 5.41) is -5.82. The highest BCUT2D eigenvalue weighted by Gasteiger charge is 2.70. The van der Waals surface area contributed by atoms with E-state index < -0.39 is 94.4 Å². The summed E-state index contributed by atoms with van der Waals surface area (Å²) in [6.45, 7) is 2.69. The Balaban J connectivity index is 1.01. The topological polar surface area (TPSA) is 152 Å². The number of esters is 3. The first kappa shape index (κ1) is 37.1. The number of hydrogen-bond acceptors (Lipinski definition) is 10. The van der Waals surface area contributed by atoms with Crippen LogP contribution >= 0.6 is 22.6 Å². The van der Waals surface area contributed by atoms with Crippen molar-refractivity contribution in [2.75, 3.05) is 6.61 Å². The minimum absolute atomic E-state index is 0.00903. The largest absolute Gasteiger partial charge is 0.465 e. The summed E-state index contributed by atoms with van der Waals surface area (Å²) in [6, 6.07) is 4.79. The predicted molar refractivity (Wildman–Crippen MR) is 175 cm³/mol. The molecule has 1 aromatic rings. The summed E-state index contributed by atoms with van der Waals surface area (Å²) in [5.41, 5.74) is 0.132. The second-order valence-corrected chi connectivity index (χ2v) is 18.0. The van der Waals surface area contributed by atoms with E-state index in [4.69, 9.17) is 28.2 Å². The molecule has 1 N–H and O–H groups in total. The van der Waals surface area contributed by atoms with Crippen molar-refractivity contribution >= 4 is 50.6 Å². The highest BCUT2D eigenvalue weighted by Crippen LogP contribution is 2.59. The van der Waals surface area contributed by atoms with Gasteiger partial charge in [-0.1, -0.05) is 13.8 Å². The van der Waals surface area contributed by atoms with E-state index in [-0.39, 0.29) is 24.0 Å². The Bertz CT molecular complexity index is 1660. The number of halogens is 5. The maximum atomic E-state index is 14.0. The Hall–Kier alpha value is -2.25. The lowest BCUT2D eigenvalue weighted by molar-refractivity contribution is -0.211. The zero-order valence-corrected chi connectivity index (χ0v) is 30.7. The number of carbonyl (C=O) groups is 3. The quantitative estimate of drug-likeness (QED) is 0.0633. The minimum atomic E-state index is -6.46. The van der Waals surface area contributed by atoms with Gasteiger partial charge >= 0.3 is 39.2 Å². The van der Waals surface area contributed by atoms with E-state index in [9.17, 15) is 40.4 Å². The van der Waals surface area contributed by atoms with E-state index in [1.807, 2.05) is 13.8 Å². The number of fused-ring (bicyclic) bond motifs is 1. The van der Waals surface area contributed by atoms with Crippen molar-refractivity contribution in [3.05, 3.63) is 27.3 Å².